The second kappa shape index (κ2) is 4.08. The molecule has 0 spiro atoms. The molecule has 1 rings (SSSR count). The maximum absolute atomic E-state index is 13.3. The number of amides is 1. The fourth-order valence-electron chi connectivity index (χ4n) is 0.958. The molecule has 1 aromatic carbocycles. The van der Waals surface area contributed by atoms with E-state index in [0.29, 0.717) is 6.07 Å². The molecule has 0 aliphatic heterocycles. The van der Waals surface area contributed by atoms with Crippen molar-refractivity contribution in [1.82, 2.24) is 0 Å². The SMILES string of the molecule is NC(=O)c1cc(S(=O)(=O)Cl)c(F)c(Cl)c1O. The van der Waals surface area contributed by atoms with Gasteiger partial charge in [0.25, 0.3) is 15.0 Å². The maximum Gasteiger partial charge on any atom is 0.264 e. The number of hydrogen-bond donors (Lipinski definition) is 2. The van der Waals surface area contributed by atoms with E-state index in [-0.39, 0.29) is 0 Å². The summed E-state index contributed by atoms with van der Waals surface area (Å²) in [4.78, 5) is 9.79. The Morgan fingerprint density at radius 2 is 2.00 bits per heavy atom. The van der Waals surface area contributed by atoms with E-state index in [4.69, 9.17) is 28.0 Å². The third-order valence-electron chi connectivity index (χ3n) is 1.68. The van der Waals surface area contributed by atoms with Crippen LogP contribution < -0.4 is 5.73 Å². The highest BCUT2D eigenvalue weighted by molar-refractivity contribution is 8.13. The van der Waals surface area contributed by atoms with E-state index in [1.165, 1.54) is 0 Å². The standard InChI is InChI=1S/C7H4Cl2FNO4S/c8-4-5(10)3(16(9,14)15)1-2(6(4)12)7(11)13/h1,12H,(H2,11,13). The van der Waals surface area contributed by atoms with Crippen molar-refractivity contribution in [2.24, 2.45) is 5.73 Å². The number of rotatable bonds is 2. The van der Waals surface area contributed by atoms with Gasteiger partial charge >= 0.3 is 0 Å². The summed E-state index contributed by atoms with van der Waals surface area (Å²) in [7, 11) is 0.470. The van der Waals surface area contributed by atoms with Gasteiger partial charge in [0.15, 0.2) is 5.82 Å². The van der Waals surface area contributed by atoms with E-state index in [1.807, 2.05) is 0 Å². The number of aromatic hydroxyl groups is 1. The molecule has 5 nitrogen and oxygen atoms in total. The highest BCUT2D eigenvalue weighted by atomic mass is 35.7. The predicted octanol–water partition coefficient (Wildman–Crippen LogP) is 1.21. The molecule has 0 fully saturated rings. The molecule has 3 N–H and O–H groups in total. The molecule has 0 radical (unpaired) electrons. The Morgan fingerprint density at radius 1 is 1.50 bits per heavy atom. The summed E-state index contributed by atoms with van der Waals surface area (Å²) in [6.45, 7) is 0. The lowest BCUT2D eigenvalue weighted by Crippen LogP contribution is -2.13. The number of primary amides is 1. The van der Waals surface area contributed by atoms with Crippen LogP contribution in [0.15, 0.2) is 11.0 Å². The van der Waals surface area contributed by atoms with Crippen LogP contribution in [0.2, 0.25) is 5.02 Å². The molecule has 0 unspecified atom stereocenters. The van der Waals surface area contributed by atoms with Crippen LogP contribution in [0.5, 0.6) is 5.75 Å². The van der Waals surface area contributed by atoms with Crippen LogP contribution in [-0.4, -0.2) is 19.4 Å². The number of nitrogens with two attached hydrogens (primary N) is 1. The van der Waals surface area contributed by atoms with Crippen LogP contribution in [0.1, 0.15) is 10.4 Å². The lowest BCUT2D eigenvalue weighted by molar-refractivity contribution is 0.0997. The van der Waals surface area contributed by atoms with Crippen molar-refractivity contribution in [1.29, 1.82) is 0 Å². The number of carbonyl (C=O) groups excluding carboxylic acids is 1. The molecule has 1 amide bonds. The molecule has 0 atom stereocenters. The van der Waals surface area contributed by atoms with E-state index >= 15 is 0 Å². The van der Waals surface area contributed by atoms with Crippen molar-refractivity contribution in [3.8, 4) is 5.75 Å². The van der Waals surface area contributed by atoms with Crippen LogP contribution in [-0.2, 0) is 9.05 Å². The summed E-state index contributed by atoms with van der Waals surface area (Å²) >= 11 is 5.28. The molecule has 0 bridgehead atoms. The van der Waals surface area contributed by atoms with Gasteiger partial charge in [-0.15, -0.1) is 0 Å². The van der Waals surface area contributed by atoms with Crippen LogP contribution in [0.4, 0.5) is 4.39 Å². The van der Waals surface area contributed by atoms with Gasteiger partial charge in [-0.2, -0.15) is 0 Å². The minimum Gasteiger partial charge on any atom is -0.505 e. The quantitative estimate of drug-likeness (QED) is 0.799. The van der Waals surface area contributed by atoms with Crippen molar-refractivity contribution < 1.29 is 22.7 Å². The lowest BCUT2D eigenvalue weighted by Gasteiger charge is -2.07. The monoisotopic (exact) mass is 287 g/mol. The van der Waals surface area contributed by atoms with E-state index < -0.39 is 42.0 Å². The van der Waals surface area contributed by atoms with Gasteiger partial charge in [0, 0.05) is 10.7 Å². The molecule has 1 aromatic rings. The Kier molecular flexibility index (Phi) is 3.32. The first-order valence-corrected chi connectivity index (χ1v) is 6.30. The van der Waals surface area contributed by atoms with Crippen molar-refractivity contribution in [3.63, 3.8) is 0 Å². The molecule has 0 aromatic heterocycles. The Balaban J connectivity index is 3.74. The summed E-state index contributed by atoms with van der Waals surface area (Å²) in [6, 6.07) is 0.515. The van der Waals surface area contributed by atoms with Gasteiger partial charge < -0.3 is 10.8 Å². The lowest BCUT2D eigenvalue weighted by atomic mass is 10.2. The van der Waals surface area contributed by atoms with Crippen LogP contribution in [0, 0.1) is 5.82 Å². The average molecular weight is 288 g/mol. The van der Waals surface area contributed by atoms with Crippen LogP contribution in [0.3, 0.4) is 0 Å². The van der Waals surface area contributed by atoms with Crippen molar-refractivity contribution in [2.75, 3.05) is 0 Å². The Hall–Kier alpha value is -1.05. The zero-order valence-corrected chi connectivity index (χ0v) is 9.70. The smallest absolute Gasteiger partial charge is 0.264 e. The van der Waals surface area contributed by atoms with E-state index in [1.54, 1.807) is 0 Å². The first-order valence-electron chi connectivity index (χ1n) is 3.61. The third-order valence-corrected chi connectivity index (χ3v) is 3.34. The fraction of sp³-hybridized carbons (Fsp3) is 0. The average Bonchev–Trinajstić information content (AvgIpc) is 2.11. The van der Waals surface area contributed by atoms with Gasteiger partial charge in [-0.3, -0.25) is 4.79 Å². The van der Waals surface area contributed by atoms with Gasteiger partial charge in [-0.25, -0.2) is 12.8 Å². The minimum atomic E-state index is -4.43. The molecule has 0 saturated carbocycles. The second-order valence-electron chi connectivity index (χ2n) is 2.70. The summed E-state index contributed by atoms with van der Waals surface area (Å²) in [5, 5.41) is 8.29. The summed E-state index contributed by atoms with van der Waals surface area (Å²) in [5.74, 6) is -3.55. The second-order valence-corrected chi connectivity index (χ2v) is 5.61. The van der Waals surface area contributed by atoms with Crippen LogP contribution in [0.25, 0.3) is 0 Å². The third kappa shape index (κ3) is 2.21. The minimum absolute atomic E-state index is 0.515. The number of halogens is 3. The molecular formula is C7H4Cl2FNO4S. The molecule has 0 heterocycles. The predicted molar refractivity (Wildman–Crippen MR) is 54.6 cm³/mol. The van der Waals surface area contributed by atoms with Gasteiger partial charge in [0.1, 0.15) is 15.7 Å². The number of carbonyl (C=O) groups is 1. The number of phenols is 1. The van der Waals surface area contributed by atoms with Crippen LogP contribution >= 0.6 is 22.3 Å². The van der Waals surface area contributed by atoms with E-state index in [9.17, 15) is 22.7 Å². The number of hydrogen-bond acceptors (Lipinski definition) is 4. The fourth-order valence-corrected chi connectivity index (χ4v) is 2.13. The van der Waals surface area contributed by atoms with Gasteiger partial charge in [-0.1, -0.05) is 11.6 Å². The first kappa shape index (κ1) is 13.0. The normalized spacial score (nSPS) is 11.4. The van der Waals surface area contributed by atoms with Crippen molar-refractivity contribution in [3.05, 3.63) is 22.5 Å². The van der Waals surface area contributed by atoms with Crippen molar-refractivity contribution >= 4 is 37.2 Å². The first-order chi connectivity index (χ1) is 7.16. The molecule has 0 saturated heterocycles. The van der Waals surface area contributed by atoms with Crippen molar-refractivity contribution in [2.45, 2.75) is 4.90 Å². The molecular weight excluding hydrogens is 284 g/mol. The highest BCUT2D eigenvalue weighted by Crippen LogP contribution is 2.35. The van der Waals surface area contributed by atoms with E-state index in [0.717, 1.165) is 0 Å². The van der Waals surface area contributed by atoms with Gasteiger partial charge in [0.05, 0.1) is 5.56 Å². The Morgan fingerprint density at radius 3 is 2.38 bits per heavy atom. The Labute approximate surface area is 99.0 Å². The molecule has 88 valence electrons. The highest BCUT2D eigenvalue weighted by Gasteiger charge is 2.25. The molecule has 16 heavy (non-hydrogen) atoms. The summed E-state index contributed by atoms with van der Waals surface area (Å²) in [5.41, 5.74) is 4.19. The largest absolute Gasteiger partial charge is 0.505 e. The van der Waals surface area contributed by atoms with Gasteiger partial charge in [-0.05, 0) is 6.07 Å². The summed E-state index contributed by atoms with van der Waals surface area (Å²) in [6.07, 6.45) is 0. The zero-order valence-electron chi connectivity index (χ0n) is 7.37. The zero-order chi connectivity index (χ0) is 12.7. The molecule has 0 aliphatic carbocycles. The molecule has 9 heteroatoms. The Bertz CT molecular complexity index is 572. The van der Waals surface area contributed by atoms with E-state index in [2.05, 4.69) is 0 Å². The maximum atomic E-state index is 13.3. The summed E-state index contributed by atoms with van der Waals surface area (Å²) < 4.78 is 35.1. The molecule has 0 aliphatic rings. The number of benzene rings is 1. The van der Waals surface area contributed by atoms with Gasteiger partial charge in [0.2, 0.25) is 0 Å². The topological polar surface area (TPSA) is 97.5 Å².